The van der Waals surface area contributed by atoms with E-state index < -0.39 is 0 Å². The number of thioether (sulfide) groups is 1. The first-order valence-corrected chi connectivity index (χ1v) is 5.67. The van der Waals surface area contributed by atoms with Crippen LogP contribution in [0.15, 0.2) is 18.5 Å². The summed E-state index contributed by atoms with van der Waals surface area (Å²) < 4.78 is 0.324. The maximum Gasteiger partial charge on any atom is 0.0550 e. The zero-order valence-electron chi connectivity index (χ0n) is 8.45. The minimum absolute atomic E-state index is 0.324. The van der Waals surface area contributed by atoms with Crippen LogP contribution >= 0.6 is 11.8 Å². The molecule has 0 aliphatic carbocycles. The molecular weight excluding hydrogens is 194 g/mol. The number of anilines is 2. The van der Waals surface area contributed by atoms with Gasteiger partial charge in [0, 0.05) is 22.7 Å². The fourth-order valence-electron chi connectivity index (χ4n) is 1.45. The molecule has 2 rings (SSSR count). The molecule has 1 unspecified atom stereocenters. The van der Waals surface area contributed by atoms with Crippen LogP contribution in [0.2, 0.25) is 0 Å². The Balaban J connectivity index is 2.05. The lowest BCUT2D eigenvalue weighted by Crippen LogP contribution is -2.50. The van der Waals surface area contributed by atoms with Crippen LogP contribution in [0.25, 0.3) is 0 Å². The molecular formula is C10H15N3S. The maximum atomic E-state index is 5.65. The summed E-state index contributed by atoms with van der Waals surface area (Å²) in [5.41, 5.74) is 7.38. The largest absolute Gasteiger partial charge is 0.397 e. The Morgan fingerprint density at radius 2 is 2.36 bits per heavy atom. The van der Waals surface area contributed by atoms with Crippen molar-refractivity contribution in [1.82, 2.24) is 4.98 Å². The number of pyridine rings is 1. The summed E-state index contributed by atoms with van der Waals surface area (Å²) in [6.07, 6.45) is 3.47. The molecule has 14 heavy (non-hydrogen) atoms. The van der Waals surface area contributed by atoms with Crippen LogP contribution in [-0.4, -0.2) is 21.5 Å². The fourth-order valence-corrected chi connectivity index (χ4v) is 2.60. The van der Waals surface area contributed by atoms with Gasteiger partial charge in [0.2, 0.25) is 0 Å². The second kappa shape index (κ2) is 3.35. The molecule has 3 N–H and O–H groups in total. The van der Waals surface area contributed by atoms with Crippen LogP contribution in [0.3, 0.4) is 0 Å². The Hall–Kier alpha value is -0.900. The van der Waals surface area contributed by atoms with E-state index in [1.165, 1.54) is 0 Å². The quantitative estimate of drug-likeness (QED) is 0.782. The summed E-state index contributed by atoms with van der Waals surface area (Å²) in [6, 6.07) is 2.45. The van der Waals surface area contributed by atoms with Gasteiger partial charge in [0.05, 0.1) is 17.6 Å². The molecule has 1 aliphatic rings. The van der Waals surface area contributed by atoms with Gasteiger partial charge in [-0.15, -0.1) is 0 Å². The van der Waals surface area contributed by atoms with Gasteiger partial charge in [-0.25, -0.2) is 0 Å². The number of hydrogen-bond acceptors (Lipinski definition) is 4. The lowest BCUT2D eigenvalue weighted by Gasteiger charge is -2.44. The van der Waals surface area contributed by atoms with E-state index in [1.54, 1.807) is 6.20 Å². The molecule has 0 radical (unpaired) electrons. The maximum absolute atomic E-state index is 5.65. The Morgan fingerprint density at radius 1 is 1.57 bits per heavy atom. The highest BCUT2D eigenvalue weighted by Crippen LogP contribution is 2.41. The number of nitrogen functional groups attached to an aromatic ring is 1. The van der Waals surface area contributed by atoms with Crippen molar-refractivity contribution >= 4 is 23.1 Å². The molecule has 0 amide bonds. The zero-order valence-corrected chi connectivity index (χ0v) is 9.27. The van der Waals surface area contributed by atoms with Gasteiger partial charge in [-0.05, 0) is 19.9 Å². The molecule has 1 aromatic heterocycles. The summed E-state index contributed by atoms with van der Waals surface area (Å²) in [7, 11) is 0. The van der Waals surface area contributed by atoms with E-state index >= 15 is 0 Å². The van der Waals surface area contributed by atoms with E-state index in [4.69, 9.17) is 5.73 Å². The molecule has 1 aromatic rings. The Labute approximate surface area is 88.5 Å². The summed E-state index contributed by atoms with van der Waals surface area (Å²) in [5, 5.41) is 3.45. The second-order valence-corrected chi connectivity index (χ2v) is 5.79. The van der Waals surface area contributed by atoms with Crippen molar-refractivity contribution in [1.29, 1.82) is 0 Å². The predicted molar refractivity (Wildman–Crippen MR) is 62.6 cm³/mol. The Bertz CT molecular complexity index is 338. The van der Waals surface area contributed by atoms with Crippen LogP contribution in [0.4, 0.5) is 11.4 Å². The second-order valence-electron chi connectivity index (χ2n) is 4.12. The van der Waals surface area contributed by atoms with Gasteiger partial charge >= 0.3 is 0 Å². The molecule has 2 heterocycles. The van der Waals surface area contributed by atoms with Crippen molar-refractivity contribution < 1.29 is 0 Å². The third-order valence-corrected chi connectivity index (χ3v) is 4.09. The first-order chi connectivity index (χ1) is 6.58. The summed E-state index contributed by atoms with van der Waals surface area (Å²) in [5.74, 6) is 1.15. The average molecular weight is 209 g/mol. The normalized spacial score (nSPS) is 24.0. The molecule has 0 bridgehead atoms. The van der Waals surface area contributed by atoms with Gasteiger partial charge in [0.25, 0.3) is 0 Å². The molecule has 0 saturated carbocycles. The predicted octanol–water partition coefficient (Wildman–Crippen LogP) is 1.97. The fraction of sp³-hybridized carbons (Fsp3) is 0.500. The molecule has 4 heteroatoms. The van der Waals surface area contributed by atoms with Gasteiger partial charge in [-0.2, -0.15) is 11.8 Å². The monoisotopic (exact) mass is 209 g/mol. The van der Waals surface area contributed by atoms with Gasteiger partial charge in [0.1, 0.15) is 0 Å². The Kier molecular flexibility index (Phi) is 2.31. The number of nitrogens with two attached hydrogens (primary N) is 1. The minimum atomic E-state index is 0.324. The SMILES string of the molecule is CC1(C)SCC1Nc1cncc(N)c1. The first-order valence-electron chi connectivity index (χ1n) is 4.69. The third kappa shape index (κ3) is 1.80. The van der Waals surface area contributed by atoms with E-state index in [0.717, 1.165) is 11.4 Å². The van der Waals surface area contributed by atoms with Crippen LogP contribution in [0.5, 0.6) is 0 Å². The van der Waals surface area contributed by atoms with Crippen molar-refractivity contribution in [2.45, 2.75) is 24.6 Å². The van der Waals surface area contributed by atoms with Crippen molar-refractivity contribution in [3.05, 3.63) is 18.5 Å². The van der Waals surface area contributed by atoms with Gasteiger partial charge < -0.3 is 11.1 Å². The molecule has 1 saturated heterocycles. The van der Waals surface area contributed by atoms with E-state index in [9.17, 15) is 0 Å². The topological polar surface area (TPSA) is 50.9 Å². The molecule has 0 spiro atoms. The van der Waals surface area contributed by atoms with Crippen LogP contribution in [-0.2, 0) is 0 Å². The molecule has 0 aromatic carbocycles. The first kappa shape index (κ1) is 9.65. The molecule has 1 fully saturated rings. The van der Waals surface area contributed by atoms with E-state index in [-0.39, 0.29) is 0 Å². The zero-order chi connectivity index (χ0) is 10.2. The van der Waals surface area contributed by atoms with Crippen molar-refractivity contribution in [2.24, 2.45) is 0 Å². The summed E-state index contributed by atoms with van der Waals surface area (Å²) in [4.78, 5) is 4.05. The number of hydrogen-bond donors (Lipinski definition) is 2. The summed E-state index contributed by atoms with van der Waals surface area (Å²) >= 11 is 1.98. The van der Waals surface area contributed by atoms with E-state index in [0.29, 0.717) is 16.5 Å². The third-order valence-electron chi connectivity index (χ3n) is 2.56. The highest BCUT2D eigenvalue weighted by molar-refractivity contribution is 8.02. The van der Waals surface area contributed by atoms with E-state index in [2.05, 4.69) is 24.1 Å². The number of nitrogens with one attached hydrogen (secondary N) is 1. The number of aromatic nitrogens is 1. The molecule has 3 nitrogen and oxygen atoms in total. The van der Waals surface area contributed by atoms with Crippen molar-refractivity contribution in [2.75, 3.05) is 16.8 Å². The highest BCUT2D eigenvalue weighted by atomic mass is 32.2. The molecule has 76 valence electrons. The number of nitrogens with zero attached hydrogens (tertiary/aromatic N) is 1. The average Bonchev–Trinajstić information content (AvgIpc) is 2.13. The lowest BCUT2D eigenvalue weighted by atomic mass is 10.0. The van der Waals surface area contributed by atoms with Crippen LogP contribution < -0.4 is 11.1 Å². The van der Waals surface area contributed by atoms with Crippen molar-refractivity contribution in [3.63, 3.8) is 0 Å². The van der Waals surface area contributed by atoms with Gasteiger partial charge in [-0.1, -0.05) is 0 Å². The minimum Gasteiger partial charge on any atom is -0.397 e. The van der Waals surface area contributed by atoms with Crippen LogP contribution in [0.1, 0.15) is 13.8 Å². The standard InChI is InChI=1S/C10H15N3S/c1-10(2)9(6-14-10)13-8-3-7(11)4-12-5-8/h3-5,9,13H,6,11H2,1-2H3. The van der Waals surface area contributed by atoms with Gasteiger partial charge in [0.15, 0.2) is 0 Å². The smallest absolute Gasteiger partial charge is 0.0550 e. The highest BCUT2D eigenvalue weighted by Gasteiger charge is 2.39. The van der Waals surface area contributed by atoms with E-state index in [1.807, 2.05) is 24.0 Å². The van der Waals surface area contributed by atoms with Crippen molar-refractivity contribution in [3.8, 4) is 0 Å². The number of rotatable bonds is 2. The van der Waals surface area contributed by atoms with Gasteiger partial charge in [-0.3, -0.25) is 4.98 Å². The Morgan fingerprint density at radius 3 is 2.86 bits per heavy atom. The summed E-state index contributed by atoms with van der Waals surface area (Å²) in [6.45, 7) is 4.50. The lowest BCUT2D eigenvalue weighted by molar-refractivity contribution is 0.576. The molecule has 1 aliphatic heterocycles. The van der Waals surface area contributed by atoms with Crippen LogP contribution in [0, 0.1) is 0 Å². The molecule has 1 atom stereocenters.